The van der Waals surface area contributed by atoms with Crippen molar-refractivity contribution in [3.05, 3.63) is 65.4 Å². The number of ether oxygens (including phenoxy) is 1. The van der Waals surface area contributed by atoms with Crippen molar-refractivity contribution < 1.29 is 36.9 Å². The van der Waals surface area contributed by atoms with Gasteiger partial charge in [-0.25, -0.2) is 0 Å². The number of carbonyl (C=O) groups is 1. The molecule has 2 aromatic heterocycles. The lowest BCUT2D eigenvalue weighted by Gasteiger charge is -2.30. The Morgan fingerprint density at radius 2 is 2.04 bits per heavy atom. The second-order valence-corrected chi connectivity index (χ2v) is 5.41. The Morgan fingerprint density at radius 1 is 1.18 bits per heavy atom. The molecule has 3 aromatic rings. The van der Waals surface area contributed by atoms with E-state index < -0.39 is 133 Å². The van der Waals surface area contributed by atoms with Crippen molar-refractivity contribution in [3.63, 3.8) is 0 Å². The summed E-state index contributed by atoms with van der Waals surface area (Å²) in [6, 6.07) is -5.77. The molecular weight excluding hydrogens is 352 g/mol. The summed E-state index contributed by atoms with van der Waals surface area (Å²) in [7, 11) is 0. The normalized spacial score (nSPS) is 36.5. The summed E-state index contributed by atoms with van der Waals surface area (Å²) in [5.74, 6) is -1.73. The van der Waals surface area contributed by atoms with E-state index in [0.29, 0.717) is 0 Å². The van der Waals surface area contributed by atoms with Crippen molar-refractivity contribution in [1.29, 1.82) is 0 Å². The number of benzene rings is 1. The molecule has 1 saturated heterocycles. The lowest BCUT2D eigenvalue weighted by Crippen LogP contribution is -2.37. The molecule has 0 atom stereocenters. The minimum Gasteiger partial charge on any atom is -0.378 e. The van der Waals surface area contributed by atoms with Crippen molar-refractivity contribution in [2.45, 2.75) is 12.9 Å². The SMILES string of the molecule is [2H]c1nc2c(c(N3C([2H])([2H])C([2H])([2H])OC([2H])([2H])C3([2H])[2H])c1[2H])C(=O)N(C([2H])([2H])Cc1nc3c([2H])c([2H])c([2H])c([2H])c3c([2H])c1[2H])C2([2H])[2H]. The summed E-state index contributed by atoms with van der Waals surface area (Å²) in [6.45, 7) is -21.5. The maximum atomic E-state index is 14.0. The van der Waals surface area contributed by atoms with Crippen molar-refractivity contribution in [3.8, 4) is 0 Å². The molecule has 0 spiro atoms. The first kappa shape index (κ1) is 6.00. The zero-order valence-electron chi connectivity index (χ0n) is 33.8. The van der Waals surface area contributed by atoms with Gasteiger partial charge in [-0.1, -0.05) is 24.2 Å². The number of fused-ring (bicyclic) bond motifs is 2. The van der Waals surface area contributed by atoms with Crippen molar-refractivity contribution >= 4 is 22.5 Å². The minimum atomic E-state index is -3.75. The first-order valence-electron chi connectivity index (χ1n) is 17.8. The highest BCUT2D eigenvalue weighted by molar-refractivity contribution is 6.03. The van der Waals surface area contributed by atoms with Crippen LogP contribution in [0.1, 0.15) is 49.2 Å². The molecule has 142 valence electrons. The Kier molecular flexibility index (Phi) is 1.54. The zero-order chi connectivity index (χ0) is 36.6. The van der Waals surface area contributed by atoms with Crippen LogP contribution in [0.15, 0.2) is 48.5 Å². The molecule has 28 heavy (non-hydrogen) atoms. The van der Waals surface area contributed by atoms with Crippen LogP contribution in [0.2, 0.25) is 0 Å². The van der Waals surface area contributed by atoms with Crippen LogP contribution in [-0.4, -0.2) is 53.4 Å². The molecular formula is C22H22N4O2. The summed E-state index contributed by atoms with van der Waals surface area (Å²) < 4.78 is 170. The third kappa shape index (κ3) is 3.10. The fraction of sp³-hybridized carbons (Fsp3) is 0.318. The van der Waals surface area contributed by atoms with Crippen molar-refractivity contribution in [2.24, 2.45) is 0 Å². The number of hydrogen-bond donors (Lipinski definition) is 0. The van der Waals surface area contributed by atoms with Crippen LogP contribution in [-0.2, 0) is 17.7 Å². The molecule has 1 amide bonds. The second-order valence-electron chi connectivity index (χ2n) is 5.41. The summed E-state index contributed by atoms with van der Waals surface area (Å²) in [5, 5.41) is -0.455. The van der Waals surface area contributed by atoms with Gasteiger partial charge in [-0.3, -0.25) is 14.8 Å². The quantitative estimate of drug-likeness (QED) is 0.681. The predicted molar refractivity (Wildman–Crippen MR) is 107 cm³/mol. The van der Waals surface area contributed by atoms with E-state index in [4.69, 9.17) is 27.4 Å². The maximum absolute atomic E-state index is 14.0. The van der Waals surface area contributed by atoms with E-state index in [1.807, 2.05) is 0 Å². The highest BCUT2D eigenvalue weighted by atomic mass is 16.5. The topological polar surface area (TPSA) is 58.6 Å². The first-order chi connectivity index (χ1) is 21.6. The number of pyridine rings is 2. The Bertz CT molecular complexity index is 1910. The third-order valence-corrected chi connectivity index (χ3v) is 3.74. The van der Waals surface area contributed by atoms with Crippen LogP contribution in [0.25, 0.3) is 10.9 Å². The van der Waals surface area contributed by atoms with Gasteiger partial charge in [-0.2, -0.15) is 0 Å². The van der Waals surface area contributed by atoms with E-state index >= 15 is 0 Å². The molecule has 0 bridgehead atoms. The number of carbonyl (C=O) groups excluding carboxylic acids is 1. The van der Waals surface area contributed by atoms with E-state index in [0.717, 1.165) is 0 Å². The molecule has 0 radical (unpaired) electrons. The van der Waals surface area contributed by atoms with E-state index in [1.165, 1.54) is 0 Å². The molecule has 0 N–H and O–H groups in total. The fourth-order valence-electron chi connectivity index (χ4n) is 2.52. The van der Waals surface area contributed by atoms with Gasteiger partial charge in [-0.05, 0) is 18.1 Å². The highest BCUT2D eigenvalue weighted by Gasteiger charge is 2.32. The Labute approximate surface area is 191 Å². The molecule has 6 heteroatoms. The molecule has 1 fully saturated rings. The number of amides is 1. The van der Waals surface area contributed by atoms with Gasteiger partial charge in [-0.15, -0.1) is 0 Å². The fourth-order valence-corrected chi connectivity index (χ4v) is 2.52. The van der Waals surface area contributed by atoms with E-state index in [1.54, 1.807) is 0 Å². The van der Waals surface area contributed by atoms with Crippen molar-refractivity contribution in [2.75, 3.05) is 37.5 Å². The van der Waals surface area contributed by atoms with Gasteiger partial charge < -0.3 is 14.5 Å². The third-order valence-electron chi connectivity index (χ3n) is 3.74. The summed E-state index contributed by atoms with van der Waals surface area (Å²) in [6.07, 6.45) is -2.39. The average Bonchev–Trinajstić information content (AvgIpc) is 3.13. The van der Waals surface area contributed by atoms with Crippen LogP contribution in [0, 0.1) is 0 Å². The Balaban J connectivity index is 1.72. The summed E-state index contributed by atoms with van der Waals surface area (Å²) in [4.78, 5) is 21.2. The molecule has 1 aromatic carbocycles. The highest BCUT2D eigenvalue weighted by Crippen LogP contribution is 2.30. The second kappa shape index (κ2) is 7.20. The number of aromatic nitrogens is 2. The number of rotatable bonds is 4. The van der Waals surface area contributed by atoms with Crippen LogP contribution >= 0.6 is 0 Å². The number of hydrogen-bond acceptors (Lipinski definition) is 5. The van der Waals surface area contributed by atoms with E-state index in [2.05, 4.69) is 14.7 Å². The molecule has 2 aliphatic heterocycles. The number of aryl methyl sites for hydroxylation is 1. The summed E-state index contributed by atoms with van der Waals surface area (Å²) in [5.41, 5.74) is -4.81. The minimum absolute atomic E-state index is 0.121. The van der Waals surface area contributed by atoms with Gasteiger partial charge >= 0.3 is 0 Å². The molecule has 0 aliphatic carbocycles. The molecule has 0 unspecified atom stereocenters. The van der Waals surface area contributed by atoms with Crippen molar-refractivity contribution in [1.82, 2.24) is 14.9 Å². The summed E-state index contributed by atoms with van der Waals surface area (Å²) >= 11 is 0. The number of para-hydroxylation sites is 1. The smallest absolute Gasteiger partial charge is 0.258 e. The molecule has 2 aliphatic rings. The molecule has 6 nitrogen and oxygen atoms in total. The molecule has 4 heterocycles. The largest absolute Gasteiger partial charge is 0.378 e. The number of morpholine rings is 1. The zero-order valence-corrected chi connectivity index (χ0v) is 13.8. The first-order valence-corrected chi connectivity index (χ1v) is 7.81. The van der Waals surface area contributed by atoms with Gasteiger partial charge in [0.1, 0.15) is 0 Å². The maximum Gasteiger partial charge on any atom is 0.258 e. The standard InChI is InChI=1S/C22H22N4O2/c27-22-21-19(23-9-7-20(21)25-11-13-28-14-12-25)15-26(22)10-8-17-6-5-16-3-1-2-4-18(16)24-17/h1-7,9H,8,10-15H2/i1D,2D,3D,4D,5D,6D,7D,9D,10D2,11D2,12D2,13D2,14D2,15D2. The van der Waals surface area contributed by atoms with Gasteiger partial charge in [0.2, 0.25) is 0 Å². The Hall–Kier alpha value is -2.99. The lowest BCUT2D eigenvalue weighted by molar-refractivity contribution is 0.0779. The van der Waals surface area contributed by atoms with Crippen LogP contribution in [0.4, 0.5) is 5.69 Å². The van der Waals surface area contributed by atoms with Gasteiger partial charge in [0, 0.05) is 45.9 Å². The molecule has 0 saturated carbocycles. The lowest BCUT2D eigenvalue weighted by atomic mass is 10.1. The van der Waals surface area contributed by atoms with Crippen LogP contribution < -0.4 is 4.90 Å². The number of anilines is 1. The average molecular weight is 395 g/mol. The monoisotopic (exact) mass is 394 g/mol. The van der Waals surface area contributed by atoms with Crippen LogP contribution in [0.5, 0.6) is 0 Å². The van der Waals surface area contributed by atoms with E-state index in [-0.39, 0.29) is 9.80 Å². The van der Waals surface area contributed by atoms with Gasteiger partial charge in [0.05, 0.1) is 66.7 Å². The van der Waals surface area contributed by atoms with Gasteiger partial charge in [0.25, 0.3) is 5.91 Å². The van der Waals surface area contributed by atoms with Crippen LogP contribution in [0.3, 0.4) is 0 Å². The number of nitrogens with zero attached hydrogens (tertiary/aromatic N) is 4. The Morgan fingerprint density at radius 3 is 2.93 bits per heavy atom. The van der Waals surface area contributed by atoms with Gasteiger partial charge in [0.15, 0.2) is 0 Å². The molecule has 5 rings (SSSR count). The predicted octanol–water partition coefficient (Wildman–Crippen LogP) is 2.66. The van der Waals surface area contributed by atoms with E-state index in [9.17, 15) is 4.79 Å².